The number of hydrogen-bond acceptors (Lipinski definition) is 1. The van der Waals surface area contributed by atoms with Crippen LogP contribution in [0.4, 0.5) is 4.39 Å². The van der Waals surface area contributed by atoms with Gasteiger partial charge in [-0.05, 0) is 47.9 Å². The molecule has 25 heavy (non-hydrogen) atoms. The summed E-state index contributed by atoms with van der Waals surface area (Å²) < 4.78 is 19.7. The van der Waals surface area contributed by atoms with E-state index in [1.165, 1.54) is 17.7 Å². The maximum absolute atomic E-state index is 13.8. The molecule has 4 rings (SSSR count). The van der Waals surface area contributed by atoms with Crippen molar-refractivity contribution in [1.29, 1.82) is 0 Å². The van der Waals surface area contributed by atoms with Crippen LogP contribution in [0.15, 0.2) is 72.9 Å². The van der Waals surface area contributed by atoms with Gasteiger partial charge in [-0.1, -0.05) is 36.4 Å². The highest BCUT2D eigenvalue weighted by atomic mass is 19.1. The van der Waals surface area contributed by atoms with Crippen LogP contribution in [0, 0.1) is 12.7 Å². The molecule has 2 nitrogen and oxygen atoms in total. The van der Waals surface area contributed by atoms with Gasteiger partial charge in [0.25, 0.3) is 0 Å². The van der Waals surface area contributed by atoms with Gasteiger partial charge in [0.1, 0.15) is 18.2 Å². The fourth-order valence-corrected chi connectivity index (χ4v) is 3.02. The summed E-state index contributed by atoms with van der Waals surface area (Å²) in [6.45, 7) is 2.48. The van der Waals surface area contributed by atoms with Crippen molar-refractivity contribution in [3.63, 3.8) is 0 Å². The minimum atomic E-state index is -0.300. The van der Waals surface area contributed by atoms with E-state index in [1.54, 1.807) is 6.07 Å². The molecular weight excluding hydrogens is 313 g/mol. The first-order valence-electron chi connectivity index (χ1n) is 8.25. The summed E-state index contributed by atoms with van der Waals surface area (Å²) in [6, 6.07) is 20.8. The van der Waals surface area contributed by atoms with Crippen molar-refractivity contribution in [3.05, 3.63) is 89.9 Å². The van der Waals surface area contributed by atoms with Crippen LogP contribution < -0.4 is 4.74 Å². The third-order valence-corrected chi connectivity index (χ3v) is 4.38. The normalized spacial score (nSPS) is 11.0. The predicted molar refractivity (Wildman–Crippen MR) is 99.2 cm³/mol. The van der Waals surface area contributed by atoms with Gasteiger partial charge in [0.2, 0.25) is 0 Å². The van der Waals surface area contributed by atoms with Crippen LogP contribution in [-0.4, -0.2) is 4.98 Å². The van der Waals surface area contributed by atoms with Crippen molar-refractivity contribution in [2.45, 2.75) is 13.5 Å². The number of benzene rings is 3. The average molecular weight is 331 g/mol. The molecule has 1 aromatic heterocycles. The zero-order valence-corrected chi connectivity index (χ0v) is 13.9. The van der Waals surface area contributed by atoms with Crippen molar-refractivity contribution in [2.75, 3.05) is 0 Å². The summed E-state index contributed by atoms with van der Waals surface area (Å²) in [5.41, 5.74) is 5.23. The summed E-state index contributed by atoms with van der Waals surface area (Å²) in [6.07, 6.45) is 1.99. The van der Waals surface area contributed by atoms with E-state index in [1.807, 2.05) is 48.7 Å². The molecule has 0 aliphatic carbocycles. The fraction of sp³-hybridized carbons (Fsp3) is 0.0909. The van der Waals surface area contributed by atoms with Crippen LogP contribution >= 0.6 is 0 Å². The molecule has 0 aliphatic rings. The molecule has 0 saturated heterocycles. The van der Waals surface area contributed by atoms with Gasteiger partial charge in [-0.25, -0.2) is 4.39 Å². The number of H-pyrrole nitrogens is 1. The largest absolute Gasteiger partial charge is 0.488 e. The van der Waals surface area contributed by atoms with Gasteiger partial charge in [-0.15, -0.1) is 0 Å². The van der Waals surface area contributed by atoms with Gasteiger partial charge in [-0.2, -0.15) is 0 Å². The topological polar surface area (TPSA) is 25.0 Å². The second-order valence-electron chi connectivity index (χ2n) is 6.15. The Hall–Kier alpha value is -3.07. The Balaban J connectivity index is 1.71. The Morgan fingerprint density at radius 3 is 2.64 bits per heavy atom. The molecule has 0 amide bonds. The van der Waals surface area contributed by atoms with E-state index in [0.717, 1.165) is 27.6 Å². The third-order valence-electron chi connectivity index (χ3n) is 4.38. The molecule has 0 saturated carbocycles. The maximum Gasteiger partial charge on any atom is 0.130 e. The zero-order chi connectivity index (χ0) is 17.2. The number of hydrogen-bond donors (Lipinski definition) is 1. The lowest BCUT2D eigenvalue weighted by Gasteiger charge is -2.12. The van der Waals surface area contributed by atoms with Gasteiger partial charge in [0, 0.05) is 28.7 Å². The summed E-state index contributed by atoms with van der Waals surface area (Å²) >= 11 is 0. The lowest BCUT2D eigenvalue weighted by molar-refractivity contribution is 0.306. The molecule has 4 aromatic rings. The summed E-state index contributed by atoms with van der Waals surface area (Å²) in [7, 11) is 0. The van der Waals surface area contributed by atoms with Crippen molar-refractivity contribution in [1.82, 2.24) is 4.98 Å². The van der Waals surface area contributed by atoms with E-state index in [4.69, 9.17) is 4.74 Å². The minimum Gasteiger partial charge on any atom is -0.488 e. The third kappa shape index (κ3) is 3.13. The van der Waals surface area contributed by atoms with E-state index in [0.29, 0.717) is 12.4 Å². The average Bonchev–Trinajstić information content (AvgIpc) is 3.01. The zero-order valence-electron chi connectivity index (χ0n) is 13.9. The van der Waals surface area contributed by atoms with Crippen LogP contribution in [-0.2, 0) is 6.61 Å². The summed E-state index contributed by atoms with van der Waals surface area (Å²) in [5.74, 6) is 0.252. The van der Waals surface area contributed by atoms with E-state index in [-0.39, 0.29) is 5.82 Å². The number of ether oxygens (including phenoxy) is 1. The minimum absolute atomic E-state index is 0.300. The maximum atomic E-state index is 13.8. The molecule has 1 heterocycles. The molecule has 0 spiro atoms. The molecule has 0 aliphatic heterocycles. The van der Waals surface area contributed by atoms with Crippen molar-refractivity contribution >= 4 is 10.9 Å². The number of halogens is 1. The Kier molecular flexibility index (Phi) is 3.98. The molecule has 124 valence electrons. The second-order valence-corrected chi connectivity index (χ2v) is 6.15. The van der Waals surface area contributed by atoms with Crippen LogP contribution in [0.1, 0.15) is 11.1 Å². The van der Waals surface area contributed by atoms with Gasteiger partial charge in [0.15, 0.2) is 0 Å². The first kappa shape index (κ1) is 15.5. The first-order chi connectivity index (χ1) is 12.2. The number of fused-ring (bicyclic) bond motifs is 1. The van der Waals surface area contributed by atoms with Gasteiger partial charge in [0.05, 0.1) is 0 Å². The highest BCUT2D eigenvalue weighted by Crippen LogP contribution is 2.33. The molecule has 0 unspecified atom stereocenters. The monoisotopic (exact) mass is 331 g/mol. The van der Waals surface area contributed by atoms with Crippen LogP contribution in [0.2, 0.25) is 0 Å². The number of aryl methyl sites for hydroxylation is 1. The molecule has 0 fully saturated rings. The molecule has 0 bridgehead atoms. The smallest absolute Gasteiger partial charge is 0.130 e. The molecule has 3 aromatic carbocycles. The lowest BCUT2D eigenvalue weighted by Crippen LogP contribution is -1.97. The summed E-state index contributed by atoms with van der Waals surface area (Å²) in [4.78, 5) is 3.25. The Morgan fingerprint density at radius 1 is 0.960 bits per heavy atom. The predicted octanol–water partition coefficient (Wildman–Crippen LogP) is 5.86. The number of rotatable bonds is 4. The molecule has 0 atom stereocenters. The number of nitrogens with one attached hydrogen (secondary N) is 1. The summed E-state index contributed by atoms with van der Waals surface area (Å²) in [5, 5.41) is 1.16. The molecule has 0 radical (unpaired) electrons. The fourth-order valence-electron chi connectivity index (χ4n) is 3.02. The van der Waals surface area contributed by atoms with Crippen molar-refractivity contribution in [2.24, 2.45) is 0 Å². The van der Waals surface area contributed by atoms with E-state index in [2.05, 4.69) is 18.0 Å². The molecule has 3 heteroatoms. The van der Waals surface area contributed by atoms with Crippen molar-refractivity contribution in [3.8, 4) is 16.9 Å². The Bertz CT molecular complexity index is 1020. The van der Waals surface area contributed by atoms with E-state index >= 15 is 0 Å². The molecular formula is C22H18FNO. The highest BCUT2D eigenvalue weighted by Gasteiger charge is 2.10. The van der Waals surface area contributed by atoms with Crippen LogP contribution in [0.5, 0.6) is 5.75 Å². The lowest BCUT2D eigenvalue weighted by atomic mass is 10.0. The van der Waals surface area contributed by atoms with Crippen LogP contribution in [0.25, 0.3) is 22.0 Å². The van der Waals surface area contributed by atoms with Gasteiger partial charge < -0.3 is 9.72 Å². The Morgan fingerprint density at radius 2 is 1.80 bits per heavy atom. The highest BCUT2D eigenvalue weighted by molar-refractivity contribution is 5.88. The second kappa shape index (κ2) is 6.44. The number of aromatic nitrogens is 1. The molecule has 1 N–H and O–H groups in total. The Labute approximate surface area is 145 Å². The van der Waals surface area contributed by atoms with Crippen molar-refractivity contribution < 1.29 is 9.13 Å². The van der Waals surface area contributed by atoms with Gasteiger partial charge in [-0.3, -0.25) is 0 Å². The number of aromatic amines is 1. The first-order valence-corrected chi connectivity index (χ1v) is 8.25. The standard InChI is InChI=1S/C22H18FNO/c1-15-13-24-21-10-7-17(11-20(15)21)19-9-8-18(23)12-22(19)25-14-16-5-3-2-4-6-16/h2-13,24H,14H2,1H3. The van der Waals surface area contributed by atoms with Crippen LogP contribution in [0.3, 0.4) is 0 Å². The van der Waals surface area contributed by atoms with E-state index in [9.17, 15) is 4.39 Å². The van der Waals surface area contributed by atoms with Gasteiger partial charge >= 0.3 is 0 Å². The quantitative estimate of drug-likeness (QED) is 0.497. The SMILES string of the molecule is Cc1c[nH]c2ccc(-c3ccc(F)cc3OCc3ccccc3)cc12. The van der Waals surface area contributed by atoms with E-state index < -0.39 is 0 Å².